The van der Waals surface area contributed by atoms with Gasteiger partial charge in [-0.15, -0.1) is 11.3 Å². The highest BCUT2D eigenvalue weighted by atomic mass is 32.1. The largest absolute Gasteiger partial charge is 0.336 e. The van der Waals surface area contributed by atoms with E-state index in [4.69, 9.17) is 0 Å². The molecule has 2 atom stereocenters. The predicted molar refractivity (Wildman–Crippen MR) is 76.1 cm³/mol. The molecule has 100 valence electrons. The highest BCUT2D eigenvalue weighted by molar-refractivity contribution is 7.12. The lowest BCUT2D eigenvalue weighted by atomic mass is 9.95. The second-order valence-electron chi connectivity index (χ2n) is 5.18. The van der Waals surface area contributed by atoms with Crippen LogP contribution < -0.4 is 5.32 Å². The van der Waals surface area contributed by atoms with E-state index in [1.165, 1.54) is 17.8 Å². The Hall–Kier alpha value is -0.870. The number of hydrogen-bond donors (Lipinski definition) is 1. The van der Waals surface area contributed by atoms with Crippen LogP contribution in [0.25, 0.3) is 0 Å². The van der Waals surface area contributed by atoms with Crippen LogP contribution in [0.1, 0.15) is 36.4 Å². The summed E-state index contributed by atoms with van der Waals surface area (Å²) >= 11 is 1.53. The highest BCUT2D eigenvalue weighted by Crippen LogP contribution is 2.20. The fourth-order valence-electron chi connectivity index (χ4n) is 2.57. The Morgan fingerprint density at radius 1 is 1.56 bits per heavy atom. The first-order valence-corrected chi connectivity index (χ1v) is 7.64. The summed E-state index contributed by atoms with van der Waals surface area (Å²) in [5.41, 5.74) is 0. The second kappa shape index (κ2) is 6.34. The van der Waals surface area contributed by atoms with Gasteiger partial charge in [0.25, 0.3) is 5.91 Å². The first-order valence-electron chi connectivity index (χ1n) is 6.77. The SMILES string of the molecule is CCCNC1CC(C)CN(C(=O)c2cccs2)C1. The van der Waals surface area contributed by atoms with Crippen molar-refractivity contribution in [2.24, 2.45) is 5.92 Å². The van der Waals surface area contributed by atoms with Crippen molar-refractivity contribution in [1.82, 2.24) is 10.2 Å². The molecule has 0 saturated carbocycles. The zero-order valence-corrected chi connectivity index (χ0v) is 12.0. The first-order chi connectivity index (χ1) is 8.70. The molecule has 2 unspecified atom stereocenters. The van der Waals surface area contributed by atoms with Crippen LogP contribution in [0, 0.1) is 5.92 Å². The van der Waals surface area contributed by atoms with Crippen LogP contribution >= 0.6 is 11.3 Å². The number of carbonyl (C=O) groups excluding carboxylic acids is 1. The Morgan fingerprint density at radius 2 is 2.39 bits per heavy atom. The van der Waals surface area contributed by atoms with Crippen molar-refractivity contribution in [3.8, 4) is 0 Å². The molecule has 2 heterocycles. The van der Waals surface area contributed by atoms with E-state index in [0.717, 1.165) is 30.9 Å². The molecule has 1 fully saturated rings. The minimum Gasteiger partial charge on any atom is -0.336 e. The molecule has 2 rings (SSSR count). The number of thiophene rings is 1. The van der Waals surface area contributed by atoms with Crippen LogP contribution in [-0.4, -0.2) is 36.5 Å². The normalized spacial score (nSPS) is 24.2. The summed E-state index contributed by atoms with van der Waals surface area (Å²) in [7, 11) is 0. The summed E-state index contributed by atoms with van der Waals surface area (Å²) in [4.78, 5) is 15.2. The fourth-order valence-corrected chi connectivity index (χ4v) is 3.26. The Kier molecular flexibility index (Phi) is 4.78. The number of nitrogens with zero attached hydrogens (tertiary/aromatic N) is 1. The van der Waals surface area contributed by atoms with E-state index in [0.29, 0.717) is 12.0 Å². The molecule has 18 heavy (non-hydrogen) atoms. The van der Waals surface area contributed by atoms with Crippen LogP contribution in [0.3, 0.4) is 0 Å². The van der Waals surface area contributed by atoms with Gasteiger partial charge in [-0.25, -0.2) is 0 Å². The quantitative estimate of drug-likeness (QED) is 0.908. The second-order valence-corrected chi connectivity index (χ2v) is 6.13. The zero-order chi connectivity index (χ0) is 13.0. The van der Waals surface area contributed by atoms with Gasteiger partial charge in [-0.1, -0.05) is 19.9 Å². The van der Waals surface area contributed by atoms with E-state index in [1.807, 2.05) is 22.4 Å². The average molecular weight is 266 g/mol. The van der Waals surface area contributed by atoms with Gasteiger partial charge in [0.1, 0.15) is 0 Å². The molecule has 0 spiro atoms. The molecule has 0 bridgehead atoms. The summed E-state index contributed by atoms with van der Waals surface area (Å²) in [6, 6.07) is 4.32. The van der Waals surface area contributed by atoms with Crippen molar-refractivity contribution < 1.29 is 4.79 Å². The zero-order valence-electron chi connectivity index (χ0n) is 11.2. The molecule has 0 aromatic carbocycles. The van der Waals surface area contributed by atoms with Crippen LogP contribution in [0.5, 0.6) is 0 Å². The van der Waals surface area contributed by atoms with Crippen molar-refractivity contribution >= 4 is 17.2 Å². The average Bonchev–Trinajstić information content (AvgIpc) is 2.88. The van der Waals surface area contributed by atoms with Gasteiger partial charge < -0.3 is 10.2 Å². The van der Waals surface area contributed by atoms with Crippen molar-refractivity contribution in [2.45, 2.75) is 32.7 Å². The third-order valence-corrected chi connectivity index (χ3v) is 4.22. The fraction of sp³-hybridized carbons (Fsp3) is 0.643. The van der Waals surface area contributed by atoms with Crippen LogP contribution in [0.4, 0.5) is 0 Å². The molecule has 1 saturated heterocycles. The molecule has 1 N–H and O–H groups in total. The third kappa shape index (κ3) is 3.33. The summed E-state index contributed by atoms with van der Waals surface area (Å²) in [6.45, 7) is 7.18. The summed E-state index contributed by atoms with van der Waals surface area (Å²) in [5.74, 6) is 0.775. The molecule has 1 amide bonds. The number of nitrogens with one attached hydrogen (secondary N) is 1. The van der Waals surface area contributed by atoms with E-state index in [9.17, 15) is 4.79 Å². The molecule has 1 aliphatic heterocycles. The Labute approximate surface area is 113 Å². The molecule has 0 radical (unpaired) electrons. The Morgan fingerprint density at radius 3 is 3.06 bits per heavy atom. The smallest absolute Gasteiger partial charge is 0.263 e. The Balaban J connectivity index is 1.97. The van der Waals surface area contributed by atoms with Gasteiger partial charge in [0.05, 0.1) is 4.88 Å². The minimum atomic E-state index is 0.194. The highest BCUT2D eigenvalue weighted by Gasteiger charge is 2.28. The van der Waals surface area contributed by atoms with Gasteiger partial charge in [-0.2, -0.15) is 0 Å². The lowest BCUT2D eigenvalue weighted by molar-refractivity contribution is 0.0646. The number of piperidine rings is 1. The number of amides is 1. The topological polar surface area (TPSA) is 32.3 Å². The maximum Gasteiger partial charge on any atom is 0.263 e. The molecular formula is C14H22N2OS. The molecule has 0 aliphatic carbocycles. The van der Waals surface area contributed by atoms with Crippen molar-refractivity contribution in [3.63, 3.8) is 0 Å². The predicted octanol–water partition coefficient (Wildman–Crippen LogP) is 2.60. The summed E-state index contributed by atoms with van der Waals surface area (Å²) in [5, 5.41) is 5.51. The number of rotatable bonds is 4. The van der Waals surface area contributed by atoms with E-state index < -0.39 is 0 Å². The van der Waals surface area contributed by atoms with E-state index in [2.05, 4.69) is 19.2 Å². The summed E-state index contributed by atoms with van der Waals surface area (Å²) < 4.78 is 0. The van der Waals surface area contributed by atoms with Gasteiger partial charge in [-0.05, 0) is 36.8 Å². The molecular weight excluding hydrogens is 244 g/mol. The molecule has 1 aromatic heterocycles. The van der Waals surface area contributed by atoms with Crippen molar-refractivity contribution in [2.75, 3.05) is 19.6 Å². The van der Waals surface area contributed by atoms with Gasteiger partial charge >= 0.3 is 0 Å². The van der Waals surface area contributed by atoms with Crippen LogP contribution in [0.15, 0.2) is 17.5 Å². The van der Waals surface area contributed by atoms with E-state index in [1.54, 1.807) is 0 Å². The van der Waals surface area contributed by atoms with Crippen molar-refractivity contribution in [1.29, 1.82) is 0 Å². The first kappa shape index (κ1) is 13.6. The Bertz CT molecular complexity index is 377. The maximum atomic E-state index is 12.3. The molecule has 3 nitrogen and oxygen atoms in total. The third-order valence-electron chi connectivity index (χ3n) is 3.36. The van der Waals surface area contributed by atoms with Gasteiger partial charge in [0.2, 0.25) is 0 Å². The van der Waals surface area contributed by atoms with E-state index >= 15 is 0 Å². The number of likely N-dealkylation sites (tertiary alicyclic amines) is 1. The van der Waals surface area contributed by atoms with Gasteiger partial charge in [-0.3, -0.25) is 4.79 Å². The van der Waals surface area contributed by atoms with Gasteiger partial charge in [0, 0.05) is 19.1 Å². The van der Waals surface area contributed by atoms with Crippen LogP contribution in [-0.2, 0) is 0 Å². The molecule has 1 aliphatic rings. The standard InChI is InChI=1S/C14H22N2OS/c1-3-6-15-12-8-11(2)9-16(10-12)14(17)13-5-4-7-18-13/h4-5,7,11-12,15H,3,6,8-10H2,1-2H3. The lowest BCUT2D eigenvalue weighted by Crippen LogP contribution is -2.50. The number of carbonyl (C=O) groups is 1. The number of hydrogen-bond acceptors (Lipinski definition) is 3. The minimum absolute atomic E-state index is 0.194. The van der Waals surface area contributed by atoms with Crippen LogP contribution in [0.2, 0.25) is 0 Å². The molecule has 1 aromatic rings. The van der Waals surface area contributed by atoms with Gasteiger partial charge in [0.15, 0.2) is 0 Å². The van der Waals surface area contributed by atoms with E-state index in [-0.39, 0.29) is 5.91 Å². The maximum absolute atomic E-state index is 12.3. The molecule has 4 heteroatoms. The summed E-state index contributed by atoms with van der Waals surface area (Å²) in [6.07, 6.45) is 2.32. The monoisotopic (exact) mass is 266 g/mol. The van der Waals surface area contributed by atoms with Crippen molar-refractivity contribution in [3.05, 3.63) is 22.4 Å². The lowest BCUT2D eigenvalue weighted by Gasteiger charge is -2.36.